The second-order valence-corrected chi connectivity index (χ2v) is 5.86. The third-order valence-electron chi connectivity index (χ3n) is 3.30. The van der Waals surface area contributed by atoms with Crippen LogP contribution in [0.1, 0.15) is 10.4 Å². The summed E-state index contributed by atoms with van der Waals surface area (Å²) in [5.41, 5.74) is 3.27. The molecule has 0 spiro atoms. The van der Waals surface area contributed by atoms with E-state index in [9.17, 15) is 4.79 Å². The van der Waals surface area contributed by atoms with Gasteiger partial charge >= 0.3 is 0 Å². The highest BCUT2D eigenvalue weighted by Crippen LogP contribution is 2.22. The number of carbonyl (C=O) groups excluding carboxylic acids is 1. The van der Waals surface area contributed by atoms with Crippen molar-refractivity contribution >= 4 is 38.9 Å². The molecule has 0 bridgehead atoms. The Morgan fingerprint density at radius 1 is 0.739 bits per heavy atom. The summed E-state index contributed by atoms with van der Waals surface area (Å²) in [4.78, 5) is 12.3. The van der Waals surface area contributed by atoms with Gasteiger partial charge in [-0.15, -0.1) is 0 Å². The van der Waals surface area contributed by atoms with Crippen molar-refractivity contribution in [3.8, 4) is 0 Å². The van der Waals surface area contributed by atoms with Crippen LogP contribution in [0, 0.1) is 0 Å². The van der Waals surface area contributed by atoms with Gasteiger partial charge in [0, 0.05) is 21.5 Å². The van der Waals surface area contributed by atoms with Crippen molar-refractivity contribution < 1.29 is 4.79 Å². The number of hydrogen-bond acceptors (Lipinski definition) is 2. The first-order valence-electron chi connectivity index (χ1n) is 7.20. The third-order valence-corrected chi connectivity index (χ3v) is 3.99. The Hall–Kier alpha value is -2.59. The van der Waals surface area contributed by atoms with Crippen molar-refractivity contribution in [3.05, 3.63) is 88.9 Å². The predicted molar refractivity (Wildman–Crippen MR) is 98.3 cm³/mol. The lowest BCUT2D eigenvalue weighted by molar-refractivity contribution is 0.102. The minimum absolute atomic E-state index is 0.144. The van der Waals surface area contributed by atoms with E-state index >= 15 is 0 Å². The number of rotatable bonds is 4. The minimum atomic E-state index is -0.144. The molecule has 0 heterocycles. The van der Waals surface area contributed by atoms with Crippen LogP contribution < -0.4 is 10.6 Å². The second kappa shape index (κ2) is 7.11. The smallest absolute Gasteiger partial charge is 0.256 e. The molecule has 0 atom stereocenters. The molecule has 0 radical (unpaired) electrons. The zero-order valence-corrected chi connectivity index (χ0v) is 13.9. The summed E-state index contributed by atoms with van der Waals surface area (Å²) >= 11 is 3.40. The van der Waals surface area contributed by atoms with E-state index in [2.05, 4.69) is 26.6 Å². The molecule has 0 saturated carbocycles. The molecule has 0 aliphatic heterocycles. The topological polar surface area (TPSA) is 41.1 Å². The zero-order chi connectivity index (χ0) is 16.1. The molecule has 114 valence electrons. The second-order valence-electron chi connectivity index (χ2n) is 5.01. The molecule has 1 amide bonds. The molecular formula is C19H15BrN2O. The SMILES string of the molecule is O=C(Nc1cccc(Nc2ccccc2)c1)c1ccccc1Br. The Bertz CT molecular complexity index is 818. The largest absolute Gasteiger partial charge is 0.355 e. The summed E-state index contributed by atoms with van der Waals surface area (Å²) in [6.45, 7) is 0. The van der Waals surface area contributed by atoms with Gasteiger partial charge in [-0.25, -0.2) is 0 Å². The van der Waals surface area contributed by atoms with Crippen LogP contribution in [0.25, 0.3) is 0 Å². The van der Waals surface area contributed by atoms with Crippen LogP contribution in [0.3, 0.4) is 0 Å². The lowest BCUT2D eigenvalue weighted by Crippen LogP contribution is -2.12. The van der Waals surface area contributed by atoms with Crippen LogP contribution in [0.5, 0.6) is 0 Å². The summed E-state index contributed by atoms with van der Waals surface area (Å²) in [5.74, 6) is -0.144. The van der Waals surface area contributed by atoms with Gasteiger partial charge in [0.2, 0.25) is 0 Å². The summed E-state index contributed by atoms with van der Waals surface area (Å²) in [7, 11) is 0. The molecule has 0 aliphatic rings. The first-order valence-corrected chi connectivity index (χ1v) is 8.00. The number of para-hydroxylation sites is 1. The number of carbonyl (C=O) groups is 1. The van der Waals surface area contributed by atoms with Crippen LogP contribution in [0.2, 0.25) is 0 Å². The number of amides is 1. The van der Waals surface area contributed by atoms with Crippen LogP contribution in [0.4, 0.5) is 17.1 Å². The van der Waals surface area contributed by atoms with E-state index in [0.29, 0.717) is 5.56 Å². The van der Waals surface area contributed by atoms with E-state index in [1.807, 2.05) is 72.8 Å². The molecule has 0 unspecified atom stereocenters. The molecular weight excluding hydrogens is 352 g/mol. The number of benzene rings is 3. The van der Waals surface area contributed by atoms with Gasteiger partial charge in [0.05, 0.1) is 5.56 Å². The van der Waals surface area contributed by atoms with Crippen LogP contribution in [-0.4, -0.2) is 5.91 Å². The van der Waals surface area contributed by atoms with Crippen molar-refractivity contribution in [2.75, 3.05) is 10.6 Å². The zero-order valence-electron chi connectivity index (χ0n) is 12.3. The quantitative estimate of drug-likeness (QED) is 0.644. The summed E-state index contributed by atoms with van der Waals surface area (Å²) in [6.07, 6.45) is 0. The molecule has 4 heteroatoms. The molecule has 3 rings (SSSR count). The van der Waals surface area contributed by atoms with Gasteiger partial charge in [-0.05, 0) is 58.4 Å². The van der Waals surface area contributed by atoms with E-state index < -0.39 is 0 Å². The van der Waals surface area contributed by atoms with Gasteiger partial charge in [-0.1, -0.05) is 36.4 Å². The van der Waals surface area contributed by atoms with Gasteiger partial charge in [0.15, 0.2) is 0 Å². The van der Waals surface area contributed by atoms with E-state index in [1.54, 1.807) is 6.07 Å². The van der Waals surface area contributed by atoms with Gasteiger partial charge in [0.1, 0.15) is 0 Å². The molecule has 0 aliphatic carbocycles. The Balaban J connectivity index is 1.75. The molecule has 0 aromatic heterocycles. The van der Waals surface area contributed by atoms with E-state index in [0.717, 1.165) is 21.5 Å². The maximum absolute atomic E-state index is 12.3. The van der Waals surface area contributed by atoms with Crippen LogP contribution in [0.15, 0.2) is 83.3 Å². The Morgan fingerprint density at radius 3 is 2.17 bits per heavy atom. The first-order chi connectivity index (χ1) is 11.2. The number of anilines is 3. The summed E-state index contributed by atoms with van der Waals surface area (Å²) in [6, 6.07) is 24.9. The highest BCUT2D eigenvalue weighted by atomic mass is 79.9. The van der Waals surface area contributed by atoms with Crippen molar-refractivity contribution in [2.24, 2.45) is 0 Å². The molecule has 23 heavy (non-hydrogen) atoms. The number of halogens is 1. The standard InChI is InChI=1S/C19H15BrN2O/c20-18-12-5-4-11-17(18)19(23)22-16-10-6-9-15(13-16)21-14-7-2-1-3-8-14/h1-13,21H,(H,22,23). The fourth-order valence-electron chi connectivity index (χ4n) is 2.21. The van der Waals surface area contributed by atoms with E-state index in [-0.39, 0.29) is 5.91 Å². The average molecular weight is 367 g/mol. The normalized spacial score (nSPS) is 10.1. The molecule has 3 nitrogen and oxygen atoms in total. The number of hydrogen-bond donors (Lipinski definition) is 2. The molecule has 0 saturated heterocycles. The van der Waals surface area contributed by atoms with Crippen molar-refractivity contribution in [3.63, 3.8) is 0 Å². The Labute approximate surface area is 143 Å². The van der Waals surface area contributed by atoms with Gasteiger partial charge in [-0.3, -0.25) is 4.79 Å². The maximum Gasteiger partial charge on any atom is 0.256 e. The van der Waals surface area contributed by atoms with Crippen molar-refractivity contribution in [1.82, 2.24) is 0 Å². The van der Waals surface area contributed by atoms with Crippen LogP contribution >= 0.6 is 15.9 Å². The number of nitrogens with one attached hydrogen (secondary N) is 2. The minimum Gasteiger partial charge on any atom is -0.355 e. The first kappa shape index (κ1) is 15.3. The van der Waals surface area contributed by atoms with Gasteiger partial charge < -0.3 is 10.6 Å². The maximum atomic E-state index is 12.3. The monoisotopic (exact) mass is 366 g/mol. The highest BCUT2D eigenvalue weighted by molar-refractivity contribution is 9.10. The third kappa shape index (κ3) is 3.99. The molecule has 3 aromatic carbocycles. The lowest BCUT2D eigenvalue weighted by atomic mass is 10.2. The predicted octanol–water partition coefficient (Wildman–Crippen LogP) is 5.45. The summed E-state index contributed by atoms with van der Waals surface area (Å²) in [5, 5.41) is 6.22. The Morgan fingerprint density at radius 2 is 1.39 bits per heavy atom. The van der Waals surface area contributed by atoms with Crippen molar-refractivity contribution in [1.29, 1.82) is 0 Å². The van der Waals surface area contributed by atoms with E-state index in [1.165, 1.54) is 0 Å². The fraction of sp³-hybridized carbons (Fsp3) is 0. The van der Waals surface area contributed by atoms with Gasteiger partial charge in [0.25, 0.3) is 5.91 Å². The molecule has 2 N–H and O–H groups in total. The fourth-order valence-corrected chi connectivity index (χ4v) is 2.67. The lowest BCUT2D eigenvalue weighted by Gasteiger charge is -2.10. The molecule has 0 fully saturated rings. The molecule has 3 aromatic rings. The summed E-state index contributed by atoms with van der Waals surface area (Å²) < 4.78 is 0.774. The van der Waals surface area contributed by atoms with E-state index in [4.69, 9.17) is 0 Å². The van der Waals surface area contributed by atoms with Crippen LogP contribution in [-0.2, 0) is 0 Å². The average Bonchev–Trinajstić information content (AvgIpc) is 2.56. The Kier molecular flexibility index (Phi) is 4.74. The highest BCUT2D eigenvalue weighted by Gasteiger charge is 2.09. The van der Waals surface area contributed by atoms with Gasteiger partial charge in [-0.2, -0.15) is 0 Å². The van der Waals surface area contributed by atoms with Crippen molar-refractivity contribution in [2.45, 2.75) is 0 Å².